The second-order valence-corrected chi connectivity index (χ2v) is 13.3. The third kappa shape index (κ3) is 5.48. The van der Waals surface area contributed by atoms with E-state index in [1.807, 2.05) is 37.3 Å². The van der Waals surface area contributed by atoms with Crippen molar-refractivity contribution in [2.24, 2.45) is 0 Å². The van der Waals surface area contributed by atoms with Crippen molar-refractivity contribution in [3.8, 4) is 12.1 Å². The molecule has 0 aliphatic carbocycles. The predicted octanol–water partition coefficient (Wildman–Crippen LogP) is 6.08. The maximum absolute atomic E-state index is 13.9. The number of anilines is 1. The number of amides is 1. The molecule has 4 aliphatic rings. The molecule has 0 radical (unpaired) electrons. The van der Waals surface area contributed by atoms with Crippen LogP contribution in [0, 0.1) is 11.3 Å². The lowest BCUT2D eigenvalue weighted by Crippen LogP contribution is -2.55. The van der Waals surface area contributed by atoms with Gasteiger partial charge < -0.3 is 19.3 Å². The number of carbonyl (C=O) groups excluding carboxylic acids is 1. The molecule has 1 aromatic heterocycles. The zero-order chi connectivity index (χ0) is 32.0. The van der Waals surface area contributed by atoms with Crippen LogP contribution in [0.4, 0.5) is 10.2 Å². The molecule has 2 aromatic carbocycles. The Labute approximate surface area is 273 Å². The van der Waals surface area contributed by atoms with Gasteiger partial charge in [0.05, 0.1) is 42.0 Å². The normalized spacial score (nSPS) is 24.0. The minimum atomic E-state index is -1.03. The van der Waals surface area contributed by atoms with E-state index in [0.29, 0.717) is 43.0 Å². The van der Waals surface area contributed by atoms with E-state index in [1.54, 1.807) is 0 Å². The van der Waals surface area contributed by atoms with Gasteiger partial charge in [0.1, 0.15) is 12.4 Å². The molecule has 5 heterocycles. The molecule has 4 aliphatic heterocycles. The first-order chi connectivity index (χ1) is 22.3. The monoisotopic (exact) mass is 644 g/mol. The van der Waals surface area contributed by atoms with E-state index in [1.165, 1.54) is 17.7 Å². The van der Waals surface area contributed by atoms with Gasteiger partial charge in [-0.05, 0) is 62.7 Å². The Morgan fingerprint density at radius 2 is 1.93 bits per heavy atom. The van der Waals surface area contributed by atoms with E-state index in [-0.39, 0.29) is 30.7 Å². The van der Waals surface area contributed by atoms with Crippen molar-refractivity contribution in [3.63, 3.8) is 0 Å². The number of aromatic nitrogens is 2. The average molecular weight is 645 g/mol. The average Bonchev–Trinajstić information content (AvgIpc) is 3.64. The molecule has 2 unspecified atom stereocenters. The fraction of sp³-hybridized carbons (Fsp3) is 0.486. The van der Waals surface area contributed by atoms with E-state index < -0.39 is 17.8 Å². The smallest absolute Gasteiger partial charge is 0.318 e. The Hall–Kier alpha value is -3.78. The molecule has 7 rings (SSSR count). The van der Waals surface area contributed by atoms with Crippen molar-refractivity contribution in [2.45, 2.75) is 69.2 Å². The summed E-state index contributed by atoms with van der Waals surface area (Å²) in [7, 11) is 0. The van der Waals surface area contributed by atoms with E-state index in [9.17, 15) is 14.4 Å². The van der Waals surface area contributed by atoms with Crippen molar-refractivity contribution in [3.05, 3.63) is 70.6 Å². The van der Waals surface area contributed by atoms with E-state index in [2.05, 4.69) is 28.5 Å². The standard InChI is InChI=1S/C35H38ClFN6O3/c1-22(37)33(44)43-18-17-41(20-25(43)11-14-38)32-30-23(2)46-29(26-9-3-7-24-8-4-10-27(36)31(24)26)19-28(30)39-34(40-32)45-21-35-12-5-15-42(35)16-6-13-35/h3-4,7-10,23,25,29H,1,5-6,11-13,15-21H2,2H3/t23?,25-,29?/m0/s1. The molecule has 1 amide bonds. The lowest BCUT2D eigenvalue weighted by atomic mass is 9.92. The van der Waals surface area contributed by atoms with Crippen LogP contribution in [0.2, 0.25) is 5.02 Å². The number of rotatable bonds is 7. The maximum Gasteiger partial charge on any atom is 0.318 e. The van der Waals surface area contributed by atoms with Gasteiger partial charge in [-0.2, -0.15) is 15.2 Å². The Bertz CT molecular complexity index is 1710. The highest BCUT2D eigenvalue weighted by atomic mass is 35.5. The number of fused-ring (bicyclic) bond motifs is 3. The van der Waals surface area contributed by atoms with Gasteiger partial charge in [-0.3, -0.25) is 9.69 Å². The zero-order valence-electron chi connectivity index (χ0n) is 26.1. The largest absolute Gasteiger partial charge is 0.461 e. The summed E-state index contributed by atoms with van der Waals surface area (Å²) in [6, 6.07) is 14.0. The van der Waals surface area contributed by atoms with Crippen molar-refractivity contribution < 1.29 is 18.7 Å². The number of nitriles is 1. The summed E-state index contributed by atoms with van der Waals surface area (Å²) >= 11 is 6.72. The molecule has 46 heavy (non-hydrogen) atoms. The fourth-order valence-corrected chi connectivity index (χ4v) is 8.37. The number of benzene rings is 2. The van der Waals surface area contributed by atoms with Gasteiger partial charge in [0, 0.05) is 42.0 Å². The molecule has 3 fully saturated rings. The molecule has 0 N–H and O–H groups in total. The van der Waals surface area contributed by atoms with Crippen LogP contribution >= 0.6 is 11.6 Å². The highest BCUT2D eigenvalue weighted by Crippen LogP contribution is 2.45. The first-order valence-electron chi connectivity index (χ1n) is 16.2. The Morgan fingerprint density at radius 1 is 1.17 bits per heavy atom. The van der Waals surface area contributed by atoms with Crippen LogP contribution in [-0.2, 0) is 16.0 Å². The van der Waals surface area contributed by atoms with Crippen molar-refractivity contribution >= 4 is 34.1 Å². The number of hydrogen-bond donors (Lipinski definition) is 0. The molecule has 0 spiro atoms. The maximum atomic E-state index is 13.9. The molecular weight excluding hydrogens is 607 g/mol. The quantitative estimate of drug-likeness (QED) is 0.286. The Balaban J connectivity index is 1.26. The molecule has 3 saturated heterocycles. The van der Waals surface area contributed by atoms with Gasteiger partial charge in [-0.25, -0.2) is 4.39 Å². The predicted molar refractivity (Wildman–Crippen MR) is 173 cm³/mol. The first kappa shape index (κ1) is 30.9. The summed E-state index contributed by atoms with van der Waals surface area (Å²) < 4.78 is 27.1. The van der Waals surface area contributed by atoms with Crippen LogP contribution in [0.15, 0.2) is 48.8 Å². The third-order valence-corrected chi connectivity index (χ3v) is 10.6. The lowest BCUT2D eigenvalue weighted by molar-refractivity contribution is -0.131. The number of halogens is 2. The number of ether oxygens (including phenoxy) is 2. The summed E-state index contributed by atoms with van der Waals surface area (Å²) in [4.78, 5) is 28.6. The molecule has 0 bridgehead atoms. The Kier molecular flexibility index (Phi) is 8.34. The van der Waals surface area contributed by atoms with Gasteiger partial charge >= 0.3 is 6.01 Å². The fourth-order valence-electron chi connectivity index (χ4n) is 8.08. The summed E-state index contributed by atoms with van der Waals surface area (Å²) in [5.41, 5.74) is 2.73. The zero-order valence-corrected chi connectivity index (χ0v) is 26.8. The third-order valence-electron chi connectivity index (χ3n) is 10.3. The van der Waals surface area contributed by atoms with Crippen LogP contribution < -0.4 is 9.64 Å². The van der Waals surface area contributed by atoms with Gasteiger partial charge in [0.15, 0.2) is 5.83 Å². The highest BCUT2D eigenvalue weighted by Gasteiger charge is 2.45. The van der Waals surface area contributed by atoms with Crippen molar-refractivity contribution in [1.82, 2.24) is 19.8 Å². The van der Waals surface area contributed by atoms with Crippen LogP contribution in [0.1, 0.15) is 68.1 Å². The molecule has 240 valence electrons. The van der Waals surface area contributed by atoms with Gasteiger partial charge in [0.2, 0.25) is 0 Å². The van der Waals surface area contributed by atoms with Crippen LogP contribution in [-0.4, -0.2) is 76.6 Å². The van der Waals surface area contributed by atoms with Crippen LogP contribution in [0.25, 0.3) is 10.8 Å². The number of hydrogen-bond acceptors (Lipinski definition) is 8. The lowest BCUT2D eigenvalue weighted by Gasteiger charge is -2.42. The van der Waals surface area contributed by atoms with Crippen molar-refractivity contribution in [1.29, 1.82) is 5.26 Å². The van der Waals surface area contributed by atoms with E-state index in [4.69, 9.17) is 31.0 Å². The van der Waals surface area contributed by atoms with Gasteiger partial charge in [0.25, 0.3) is 5.91 Å². The van der Waals surface area contributed by atoms with Gasteiger partial charge in [-0.15, -0.1) is 0 Å². The summed E-state index contributed by atoms with van der Waals surface area (Å²) in [6.07, 6.45) is 4.42. The minimum absolute atomic E-state index is 0.0245. The summed E-state index contributed by atoms with van der Waals surface area (Å²) in [5, 5.41) is 12.3. The second-order valence-electron chi connectivity index (χ2n) is 12.9. The summed E-state index contributed by atoms with van der Waals surface area (Å²) in [6.45, 7) is 8.85. The summed E-state index contributed by atoms with van der Waals surface area (Å²) in [5.74, 6) is -1.14. The molecular formula is C35H38ClFN6O3. The minimum Gasteiger partial charge on any atom is -0.461 e. The van der Waals surface area contributed by atoms with E-state index in [0.717, 1.165) is 53.5 Å². The SMILES string of the molecule is C=C(F)C(=O)N1CCN(c2nc(OCC34CCCN3CCC4)nc3c2C(C)OC(c2cccc4cccc(Cl)c24)C3)C[C@@H]1CC#N. The second kappa shape index (κ2) is 12.4. The van der Waals surface area contributed by atoms with Crippen LogP contribution in [0.5, 0.6) is 6.01 Å². The van der Waals surface area contributed by atoms with Gasteiger partial charge in [-0.1, -0.05) is 48.5 Å². The Morgan fingerprint density at radius 3 is 2.67 bits per heavy atom. The number of piperazine rings is 1. The van der Waals surface area contributed by atoms with Crippen molar-refractivity contribution in [2.75, 3.05) is 44.2 Å². The molecule has 3 aromatic rings. The molecule has 3 atom stereocenters. The first-order valence-corrected chi connectivity index (χ1v) is 16.5. The molecule has 9 nitrogen and oxygen atoms in total. The van der Waals surface area contributed by atoms with E-state index >= 15 is 0 Å². The van der Waals surface area contributed by atoms with Crippen LogP contribution in [0.3, 0.4) is 0 Å². The number of carbonyl (C=O) groups is 1. The molecule has 11 heteroatoms. The number of nitrogens with zero attached hydrogens (tertiary/aromatic N) is 6. The highest BCUT2D eigenvalue weighted by molar-refractivity contribution is 6.35. The topological polar surface area (TPSA) is 94.8 Å². The molecule has 0 saturated carbocycles.